The predicted molar refractivity (Wildman–Crippen MR) is 100 cm³/mol. The van der Waals surface area contributed by atoms with E-state index in [1.807, 2.05) is 10.3 Å². The summed E-state index contributed by atoms with van der Waals surface area (Å²) in [4.78, 5) is 26.8. The molecule has 5 nitrogen and oxygen atoms in total. The Kier molecular flexibility index (Phi) is 4.58. The minimum atomic E-state index is -0.314. The van der Waals surface area contributed by atoms with Crippen LogP contribution >= 0.6 is 11.3 Å². The Bertz CT molecular complexity index is 886. The maximum atomic E-state index is 12.9. The molecule has 2 aromatic heterocycles. The second kappa shape index (κ2) is 7.17. The Balaban J connectivity index is 1.46. The van der Waals surface area contributed by atoms with Crippen molar-refractivity contribution in [3.63, 3.8) is 0 Å². The summed E-state index contributed by atoms with van der Waals surface area (Å²) in [5, 5.41) is 6.92. The van der Waals surface area contributed by atoms with Crippen LogP contribution < -0.4 is 5.32 Å². The highest BCUT2D eigenvalue weighted by Gasteiger charge is 2.30. The first kappa shape index (κ1) is 16.6. The molecule has 1 saturated heterocycles. The van der Waals surface area contributed by atoms with E-state index in [9.17, 15) is 9.59 Å². The fraction of sp³-hybridized carbons (Fsp3) is 0.200. The number of carbonyl (C=O) groups is 2. The lowest BCUT2D eigenvalue weighted by Crippen LogP contribution is -2.30. The summed E-state index contributed by atoms with van der Waals surface area (Å²) in [5.74, 6) is -0.0328. The van der Waals surface area contributed by atoms with Crippen LogP contribution in [0.2, 0.25) is 0 Å². The Morgan fingerprint density at radius 3 is 2.69 bits per heavy atom. The van der Waals surface area contributed by atoms with Gasteiger partial charge < -0.3 is 14.6 Å². The fourth-order valence-corrected chi connectivity index (χ4v) is 3.99. The lowest BCUT2D eigenvalue weighted by atomic mass is 10.1. The zero-order valence-electron chi connectivity index (χ0n) is 14.1. The van der Waals surface area contributed by atoms with Crippen molar-refractivity contribution in [2.45, 2.75) is 18.9 Å². The highest BCUT2D eigenvalue weighted by atomic mass is 32.1. The van der Waals surface area contributed by atoms with Gasteiger partial charge in [-0.1, -0.05) is 0 Å². The van der Waals surface area contributed by atoms with Gasteiger partial charge in [-0.25, -0.2) is 0 Å². The van der Waals surface area contributed by atoms with Gasteiger partial charge >= 0.3 is 0 Å². The van der Waals surface area contributed by atoms with Gasteiger partial charge in [-0.05, 0) is 71.6 Å². The smallest absolute Gasteiger partial charge is 0.291 e. The topological polar surface area (TPSA) is 62.6 Å². The van der Waals surface area contributed by atoms with Crippen LogP contribution in [0.1, 0.15) is 45.4 Å². The van der Waals surface area contributed by atoms with Crippen molar-refractivity contribution in [1.29, 1.82) is 0 Å². The van der Waals surface area contributed by atoms with Gasteiger partial charge in [0.25, 0.3) is 11.8 Å². The molecule has 2 amide bonds. The number of hydrogen-bond donors (Lipinski definition) is 1. The van der Waals surface area contributed by atoms with Crippen LogP contribution in [0, 0.1) is 0 Å². The van der Waals surface area contributed by atoms with Crippen LogP contribution in [0.5, 0.6) is 0 Å². The van der Waals surface area contributed by atoms with Crippen molar-refractivity contribution in [3.8, 4) is 0 Å². The average Bonchev–Trinajstić information content (AvgIpc) is 3.43. The molecule has 26 heavy (non-hydrogen) atoms. The Labute approximate surface area is 155 Å². The van der Waals surface area contributed by atoms with E-state index in [4.69, 9.17) is 4.42 Å². The van der Waals surface area contributed by atoms with Crippen LogP contribution in [0.15, 0.2) is 63.9 Å². The van der Waals surface area contributed by atoms with Crippen molar-refractivity contribution in [2.75, 3.05) is 11.9 Å². The number of rotatable bonds is 4. The molecule has 3 heterocycles. The number of benzene rings is 1. The molecule has 1 atom stereocenters. The first-order valence-corrected chi connectivity index (χ1v) is 9.44. The molecule has 132 valence electrons. The zero-order valence-corrected chi connectivity index (χ0v) is 14.9. The average molecular weight is 366 g/mol. The van der Waals surface area contributed by atoms with Gasteiger partial charge in [0, 0.05) is 17.8 Å². The van der Waals surface area contributed by atoms with E-state index >= 15 is 0 Å². The largest absolute Gasteiger partial charge is 0.459 e. The van der Waals surface area contributed by atoms with Gasteiger partial charge in [-0.15, -0.1) is 0 Å². The third kappa shape index (κ3) is 3.28. The Morgan fingerprint density at radius 2 is 2.00 bits per heavy atom. The number of carbonyl (C=O) groups excluding carboxylic acids is 2. The number of furan rings is 1. The number of nitrogens with zero attached hydrogens (tertiary/aromatic N) is 1. The highest BCUT2D eigenvalue weighted by Crippen LogP contribution is 2.34. The van der Waals surface area contributed by atoms with Gasteiger partial charge in [-0.2, -0.15) is 11.3 Å². The number of anilines is 1. The number of thiophene rings is 1. The molecule has 0 saturated carbocycles. The number of amides is 2. The van der Waals surface area contributed by atoms with Crippen LogP contribution in [0.4, 0.5) is 5.69 Å². The van der Waals surface area contributed by atoms with Gasteiger partial charge in [0.05, 0.1) is 12.3 Å². The summed E-state index contributed by atoms with van der Waals surface area (Å²) in [6, 6.07) is 12.5. The summed E-state index contributed by atoms with van der Waals surface area (Å²) >= 11 is 1.66. The van der Waals surface area contributed by atoms with Gasteiger partial charge in [0.15, 0.2) is 5.76 Å². The standard InChI is InChI=1S/C20H18N2O3S/c23-19(18-4-2-11-25-18)21-16-7-5-14(6-8-16)20(24)22-10-1-3-17(22)15-9-12-26-13-15/h2,4-9,11-13,17H,1,3,10H2,(H,21,23). The second-order valence-electron chi connectivity index (χ2n) is 6.22. The molecule has 1 unspecified atom stereocenters. The number of hydrogen-bond acceptors (Lipinski definition) is 4. The predicted octanol–water partition coefficient (Wildman–Crippen LogP) is 4.57. The quantitative estimate of drug-likeness (QED) is 0.736. The van der Waals surface area contributed by atoms with Gasteiger partial charge in [-0.3, -0.25) is 9.59 Å². The third-order valence-corrected chi connectivity index (χ3v) is 5.28. The molecule has 0 bridgehead atoms. The number of nitrogens with one attached hydrogen (secondary N) is 1. The van der Waals surface area contributed by atoms with E-state index in [1.54, 1.807) is 47.7 Å². The lowest BCUT2D eigenvalue weighted by Gasteiger charge is -2.24. The van der Waals surface area contributed by atoms with Crippen LogP contribution in [0.3, 0.4) is 0 Å². The molecule has 1 aromatic carbocycles. The molecule has 4 rings (SSSR count). The lowest BCUT2D eigenvalue weighted by molar-refractivity contribution is 0.0736. The van der Waals surface area contributed by atoms with E-state index < -0.39 is 0 Å². The van der Waals surface area contributed by atoms with Crippen molar-refractivity contribution in [3.05, 3.63) is 76.4 Å². The first-order valence-electron chi connectivity index (χ1n) is 8.50. The van der Waals surface area contributed by atoms with E-state index in [1.165, 1.54) is 11.8 Å². The SMILES string of the molecule is O=C(Nc1ccc(C(=O)N2CCCC2c2ccsc2)cc1)c1ccco1. The Morgan fingerprint density at radius 1 is 1.15 bits per heavy atom. The third-order valence-electron chi connectivity index (χ3n) is 4.58. The molecule has 1 aliphatic rings. The summed E-state index contributed by atoms with van der Waals surface area (Å²) < 4.78 is 5.07. The van der Waals surface area contributed by atoms with Gasteiger partial charge in [0.2, 0.25) is 0 Å². The van der Waals surface area contributed by atoms with Crippen LogP contribution in [-0.2, 0) is 0 Å². The molecule has 3 aromatic rings. The minimum absolute atomic E-state index is 0.0302. The van der Waals surface area contributed by atoms with Crippen molar-refractivity contribution >= 4 is 28.8 Å². The fourth-order valence-electron chi connectivity index (χ4n) is 3.28. The minimum Gasteiger partial charge on any atom is -0.459 e. The molecular weight excluding hydrogens is 348 g/mol. The molecule has 6 heteroatoms. The Hall–Kier alpha value is -2.86. The van der Waals surface area contributed by atoms with Gasteiger partial charge in [0.1, 0.15) is 0 Å². The maximum absolute atomic E-state index is 12.9. The normalized spacial score (nSPS) is 16.6. The highest BCUT2D eigenvalue weighted by molar-refractivity contribution is 7.08. The van der Waals surface area contributed by atoms with E-state index in [0.29, 0.717) is 11.3 Å². The summed E-state index contributed by atoms with van der Waals surface area (Å²) in [6.45, 7) is 0.774. The van der Waals surface area contributed by atoms with E-state index in [-0.39, 0.29) is 23.6 Å². The molecule has 1 N–H and O–H groups in total. The molecular formula is C20H18N2O3S. The maximum Gasteiger partial charge on any atom is 0.291 e. The first-order chi connectivity index (χ1) is 12.7. The molecule has 1 fully saturated rings. The molecule has 0 aliphatic carbocycles. The molecule has 1 aliphatic heterocycles. The number of likely N-dealkylation sites (tertiary alicyclic amines) is 1. The molecule has 0 spiro atoms. The zero-order chi connectivity index (χ0) is 17.9. The van der Waals surface area contributed by atoms with Crippen LogP contribution in [-0.4, -0.2) is 23.3 Å². The van der Waals surface area contributed by atoms with E-state index in [2.05, 4.69) is 16.8 Å². The second-order valence-corrected chi connectivity index (χ2v) is 7.00. The van der Waals surface area contributed by atoms with Crippen molar-refractivity contribution in [2.24, 2.45) is 0 Å². The van der Waals surface area contributed by atoms with Crippen LogP contribution in [0.25, 0.3) is 0 Å². The summed E-state index contributed by atoms with van der Waals surface area (Å²) in [6.07, 6.45) is 3.47. The van der Waals surface area contributed by atoms with Crippen molar-refractivity contribution in [1.82, 2.24) is 4.90 Å². The summed E-state index contributed by atoms with van der Waals surface area (Å²) in [7, 11) is 0. The summed E-state index contributed by atoms with van der Waals surface area (Å²) in [5.41, 5.74) is 2.46. The monoisotopic (exact) mass is 366 g/mol. The molecule has 0 radical (unpaired) electrons. The van der Waals surface area contributed by atoms with Crippen molar-refractivity contribution < 1.29 is 14.0 Å². The van der Waals surface area contributed by atoms with E-state index in [0.717, 1.165) is 19.4 Å².